The molecule has 1 aliphatic carbocycles. The highest BCUT2D eigenvalue weighted by Gasteiger charge is 2.48. The van der Waals surface area contributed by atoms with E-state index in [2.05, 4.69) is 12.2 Å². The summed E-state index contributed by atoms with van der Waals surface area (Å²) >= 11 is 0. The normalized spacial score (nSPS) is 24.0. The molecule has 8 nitrogen and oxygen atoms in total. The van der Waals surface area contributed by atoms with E-state index in [1.165, 1.54) is 0 Å². The molecule has 1 saturated carbocycles. The van der Waals surface area contributed by atoms with Crippen LogP contribution in [0.15, 0.2) is 41.0 Å². The van der Waals surface area contributed by atoms with Crippen LogP contribution in [0.1, 0.15) is 55.6 Å². The van der Waals surface area contributed by atoms with E-state index in [-0.39, 0.29) is 17.9 Å². The fourth-order valence-electron chi connectivity index (χ4n) is 5.66. The molecular formula is C28H35N3O5. The number of ether oxygens (including phenoxy) is 2. The first-order chi connectivity index (χ1) is 17.3. The van der Waals surface area contributed by atoms with Crippen molar-refractivity contribution in [3.05, 3.63) is 47.9 Å². The van der Waals surface area contributed by atoms with E-state index >= 15 is 0 Å². The maximum Gasteiger partial charge on any atom is 0.271 e. The van der Waals surface area contributed by atoms with Crippen LogP contribution in [-0.2, 0) is 17.8 Å². The maximum atomic E-state index is 13.9. The quantitative estimate of drug-likeness (QED) is 0.527. The van der Waals surface area contributed by atoms with E-state index in [0.29, 0.717) is 48.2 Å². The van der Waals surface area contributed by atoms with Gasteiger partial charge in [-0.3, -0.25) is 9.59 Å². The monoisotopic (exact) mass is 493 g/mol. The van der Waals surface area contributed by atoms with Gasteiger partial charge in [0.05, 0.1) is 32.5 Å². The van der Waals surface area contributed by atoms with Gasteiger partial charge in [-0.2, -0.15) is 0 Å². The minimum atomic E-state index is -1.05. The summed E-state index contributed by atoms with van der Waals surface area (Å²) < 4.78 is 18.4. The van der Waals surface area contributed by atoms with Gasteiger partial charge < -0.3 is 28.7 Å². The third-order valence-electron chi connectivity index (χ3n) is 7.99. The molecule has 0 bridgehead atoms. The van der Waals surface area contributed by atoms with Gasteiger partial charge in [-0.15, -0.1) is 0 Å². The average molecular weight is 494 g/mol. The number of aromatic nitrogens is 1. The highest BCUT2D eigenvalue weighted by Crippen LogP contribution is 2.34. The topological polar surface area (TPSA) is 85.9 Å². The molecule has 36 heavy (non-hydrogen) atoms. The first kappa shape index (κ1) is 24.3. The summed E-state index contributed by atoms with van der Waals surface area (Å²) in [6.45, 7) is 4.88. The van der Waals surface area contributed by atoms with Crippen molar-refractivity contribution in [3.63, 3.8) is 0 Å². The molecule has 2 aliphatic rings. The fraction of sp³-hybridized carbons (Fsp3) is 0.500. The van der Waals surface area contributed by atoms with Crippen LogP contribution in [0.25, 0.3) is 11.1 Å². The molecule has 2 aromatic heterocycles. The standard InChI is InChI=1S/C28H35N3O5/c1-18-5-8-20(9-6-18)29-27(33)28(2)17-30-22-12-14-36-25(22)16-23(30)26(32)31(28)13-11-19-7-10-21(34-3)15-24(19)35-4/h7,10,12,14-16,18,20H,5-6,8-9,11,13,17H2,1-4H3,(H,29,33)/t18?,20?,28-/m0/s1. The second-order valence-corrected chi connectivity index (χ2v) is 10.4. The number of rotatable bonds is 7. The molecule has 1 aromatic carbocycles. The van der Waals surface area contributed by atoms with Gasteiger partial charge >= 0.3 is 0 Å². The molecule has 5 rings (SSSR count). The number of hydrogen-bond donors (Lipinski definition) is 1. The van der Waals surface area contributed by atoms with Gasteiger partial charge in [-0.25, -0.2) is 0 Å². The molecule has 0 radical (unpaired) electrons. The number of methoxy groups -OCH3 is 2. The predicted molar refractivity (Wildman–Crippen MR) is 136 cm³/mol. The van der Waals surface area contributed by atoms with Crippen LogP contribution in [0.5, 0.6) is 11.5 Å². The zero-order chi connectivity index (χ0) is 25.4. The van der Waals surface area contributed by atoms with E-state index in [0.717, 1.165) is 36.8 Å². The lowest BCUT2D eigenvalue weighted by Crippen LogP contribution is -2.65. The van der Waals surface area contributed by atoms with E-state index in [1.807, 2.05) is 35.8 Å². The summed E-state index contributed by atoms with van der Waals surface area (Å²) in [6, 6.07) is 9.43. The Balaban J connectivity index is 1.45. The fourth-order valence-corrected chi connectivity index (χ4v) is 5.66. The highest BCUT2D eigenvalue weighted by molar-refractivity contribution is 6.03. The van der Waals surface area contributed by atoms with Gasteiger partial charge in [0, 0.05) is 30.8 Å². The van der Waals surface area contributed by atoms with Crippen molar-refractivity contribution in [2.45, 2.75) is 64.1 Å². The van der Waals surface area contributed by atoms with Gasteiger partial charge in [0.1, 0.15) is 22.7 Å². The number of nitrogens with one attached hydrogen (secondary N) is 1. The zero-order valence-electron chi connectivity index (χ0n) is 21.5. The van der Waals surface area contributed by atoms with Crippen LogP contribution in [0.3, 0.4) is 0 Å². The second kappa shape index (κ2) is 9.56. The lowest BCUT2D eigenvalue weighted by Gasteiger charge is -2.45. The zero-order valence-corrected chi connectivity index (χ0v) is 21.5. The van der Waals surface area contributed by atoms with Gasteiger partial charge in [0.2, 0.25) is 5.91 Å². The van der Waals surface area contributed by atoms with Crippen molar-refractivity contribution in [2.75, 3.05) is 20.8 Å². The first-order valence-corrected chi connectivity index (χ1v) is 12.7. The second-order valence-electron chi connectivity index (χ2n) is 10.4. The molecule has 1 aliphatic heterocycles. The van der Waals surface area contributed by atoms with Crippen molar-refractivity contribution in [1.29, 1.82) is 0 Å². The van der Waals surface area contributed by atoms with Crippen molar-refractivity contribution in [2.24, 2.45) is 5.92 Å². The van der Waals surface area contributed by atoms with Crippen molar-refractivity contribution < 1.29 is 23.5 Å². The highest BCUT2D eigenvalue weighted by atomic mass is 16.5. The van der Waals surface area contributed by atoms with Crippen molar-refractivity contribution in [3.8, 4) is 11.5 Å². The Morgan fingerprint density at radius 2 is 1.92 bits per heavy atom. The number of hydrogen-bond acceptors (Lipinski definition) is 5. The smallest absolute Gasteiger partial charge is 0.271 e. The van der Waals surface area contributed by atoms with E-state index < -0.39 is 5.54 Å². The van der Waals surface area contributed by atoms with Gasteiger partial charge in [-0.1, -0.05) is 13.0 Å². The number of benzene rings is 1. The number of nitrogens with zero attached hydrogens (tertiary/aromatic N) is 2. The largest absolute Gasteiger partial charge is 0.497 e. The summed E-state index contributed by atoms with van der Waals surface area (Å²) in [6.07, 6.45) is 6.32. The lowest BCUT2D eigenvalue weighted by molar-refractivity contribution is -0.133. The van der Waals surface area contributed by atoms with E-state index in [1.54, 1.807) is 31.4 Å². The number of furan rings is 1. The molecule has 0 saturated heterocycles. The Morgan fingerprint density at radius 1 is 1.14 bits per heavy atom. The Hall–Kier alpha value is -3.42. The summed E-state index contributed by atoms with van der Waals surface area (Å²) in [5.74, 6) is 1.82. The third-order valence-corrected chi connectivity index (χ3v) is 7.99. The minimum absolute atomic E-state index is 0.104. The van der Waals surface area contributed by atoms with Gasteiger partial charge in [0.25, 0.3) is 5.91 Å². The van der Waals surface area contributed by atoms with Gasteiger partial charge in [-0.05, 0) is 56.6 Å². The summed E-state index contributed by atoms with van der Waals surface area (Å²) in [5, 5.41) is 3.29. The number of carbonyl (C=O) groups excluding carboxylic acids is 2. The Labute approximate surface area is 211 Å². The molecule has 1 fully saturated rings. The molecule has 1 N–H and O–H groups in total. The molecule has 1 atom stereocenters. The molecule has 0 unspecified atom stereocenters. The van der Waals surface area contributed by atoms with Crippen LogP contribution in [0.4, 0.5) is 0 Å². The predicted octanol–water partition coefficient (Wildman–Crippen LogP) is 4.40. The van der Waals surface area contributed by atoms with Crippen molar-refractivity contribution in [1.82, 2.24) is 14.8 Å². The number of amides is 2. The Bertz CT molecular complexity index is 1270. The maximum absolute atomic E-state index is 13.9. The minimum Gasteiger partial charge on any atom is -0.497 e. The molecule has 0 spiro atoms. The third kappa shape index (κ3) is 4.22. The summed E-state index contributed by atoms with van der Waals surface area (Å²) in [4.78, 5) is 29.4. The van der Waals surface area contributed by atoms with Crippen LogP contribution in [-0.4, -0.2) is 53.6 Å². The van der Waals surface area contributed by atoms with Crippen LogP contribution in [0.2, 0.25) is 0 Å². The average Bonchev–Trinajstić information content (AvgIpc) is 3.47. The molecule has 3 heterocycles. The number of carbonyl (C=O) groups is 2. The number of fused-ring (bicyclic) bond motifs is 3. The van der Waals surface area contributed by atoms with E-state index in [9.17, 15) is 9.59 Å². The Kier molecular flexibility index (Phi) is 6.45. The van der Waals surface area contributed by atoms with Crippen molar-refractivity contribution >= 4 is 22.9 Å². The summed E-state index contributed by atoms with van der Waals surface area (Å²) in [7, 11) is 3.23. The van der Waals surface area contributed by atoms with Crippen LogP contribution in [0, 0.1) is 5.92 Å². The molecule has 3 aromatic rings. The molecule has 2 amide bonds. The Morgan fingerprint density at radius 3 is 2.64 bits per heavy atom. The molecular weight excluding hydrogens is 458 g/mol. The van der Waals surface area contributed by atoms with Crippen LogP contribution < -0.4 is 14.8 Å². The molecule has 8 heteroatoms. The first-order valence-electron chi connectivity index (χ1n) is 12.7. The van der Waals surface area contributed by atoms with Gasteiger partial charge in [0.15, 0.2) is 5.58 Å². The SMILES string of the molecule is COc1ccc(CCN2C(=O)c3cc4occc4n3C[C@@]2(C)C(=O)NC2CCC(C)CC2)c(OC)c1. The lowest BCUT2D eigenvalue weighted by atomic mass is 9.86. The molecule has 192 valence electrons. The summed E-state index contributed by atoms with van der Waals surface area (Å²) in [5.41, 5.74) is 1.94. The van der Waals surface area contributed by atoms with Crippen LogP contribution >= 0.6 is 0 Å². The van der Waals surface area contributed by atoms with E-state index in [4.69, 9.17) is 13.9 Å².